The minimum atomic E-state index is -0.740. The van der Waals surface area contributed by atoms with Crippen LogP contribution in [0.1, 0.15) is 24.0 Å². The summed E-state index contributed by atoms with van der Waals surface area (Å²) in [6, 6.07) is 7.69. The van der Waals surface area contributed by atoms with Crippen molar-refractivity contribution in [3.63, 3.8) is 0 Å². The third-order valence-electron chi connectivity index (χ3n) is 4.02. The zero-order valence-corrected chi connectivity index (χ0v) is 11.6. The fourth-order valence-electron chi connectivity index (χ4n) is 2.58. The molecule has 0 radical (unpaired) electrons. The van der Waals surface area contributed by atoms with E-state index in [4.69, 9.17) is 0 Å². The predicted octanol–water partition coefficient (Wildman–Crippen LogP) is 2.59. The molecule has 1 aromatic carbocycles. The van der Waals surface area contributed by atoms with Crippen molar-refractivity contribution in [2.75, 3.05) is 5.32 Å². The Hall–Kier alpha value is -2.30. The number of carboxylic acid groups (broad SMARTS) is 1. The number of rotatable bonds is 4. The number of hydrogen-bond acceptors (Lipinski definition) is 3. The lowest BCUT2D eigenvalue weighted by Crippen LogP contribution is -2.21. The average Bonchev–Trinajstić information content (AvgIpc) is 3.12. The smallest absolute Gasteiger partial charge is 0.314 e. The standard InChI is InChI=1S/C15H17N3O2/c1-10-4-3-5-11(15(7-8-15)14(19)20)13(10)17-12-6-9-16-18(12)2/h3-6,9,17H,7-8H2,1-2H3,(H,19,20). The lowest BCUT2D eigenvalue weighted by molar-refractivity contribution is -0.140. The summed E-state index contributed by atoms with van der Waals surface area (Å²) in [7, 11) is 1.85. The van der Waals surface area contributed by atoms with Gasteiger partial charge in [-0.2, -0.15) is 5.10 Å². The molecule has 20 heavy (non-hydrogen) atoms. The number of anilines is 2. The van der Waals surface area contributed by atoms with Gasteiger partial charge in [0.25, 0.3) is 0 Å². The first-order valence-corrected chi connectivity index (χ1v) is 6.63. The molecular weight excluding hydrogens is 254 g/mol. The topological polar surface area (TPSA) is 67.2 Å². The largest absolute Gasteiger partial charge is 0.481 e. The molecule has 1 aromatic heterocycles. The van der Waals surface area contributed by atoms with Gasteiger partial charge in [-0.05, 0) is 30.9 Å². The van der Waals surface area contributed by atoms with Gasteiger partial charge in [0.2, 0.25) is 0 Å². The van der Waals surface area contributed by atoms with Crippen LogP contribution in [0.15, 0.2) is 30.5 Å². The van der Waals surface area contributed by atoms with Gasteiger partial charge in [-0.25, -0.2) is 0 Å². The van der Waals surface area contributed by atoms with Crippen molar-refractivity contribution >= 4 is 17.5 Å². The van der Waals surface area contributed by atoms with E-state index in [2.05, 4.69) is 10.4 Å². The predicted molar refractivity (Wildman–Crippen MR) is 76.2 cm³/mol. The van der Waals surface area contributed by atoms with Crippen molar-refractivity contribution in [1.82, 2.24) is 9.78 Å². The minimum Gasteiger partial charge on any atom is -0.481 e. The summed E-state index contributed by atoms with van der Waals surface area (Å²) in [5, 5.41) is 17.0. The van der Waals surface area contributed by atoms with Crippen molar-refractivity contribution in [2.24, 2.45) is 7.05 Å². The summed E-state index contributed by atoms with van der Waals surface area (Å²) in [5.41, 5.74) is 2.07. The molecule has 0 unspecified atom stereocenters. The number of aromatic nitrogens is 2. The second-order valence-corrected chi connectivity index (χ2v) is 5.35. The molecule has 0 atom stereocenters. The zero-order chi connectivity index (χ0) is 14.3. The fourth-order valence-corrected chi connectivity index (χ4v) is 2.58. The lowest BCUT2D eigenvalue weighted by Gasteiger charge is -2.19. The number of para-hydroxylation sites is 1. The number of nitrogens with zero attached hydrogens (tertiary/aromatic N) is 2. The van der Waals surface area contributed by atoms with E-state index in [0.29, 0.717) is 12.8 Å². The van der Waals surface area contributed by atoms with Crippen LogP contribution in [0.3, 0.4) is 0 Å². The van der Waals surface area contributed by atoms with Crippen molar-refractivity contribution in [2.45, 2.75) is 25.2 Å². The molecule has 1 aliphatic rings. The SMILES string of the molecule is Cc1cccc(C2(C(=O)O)CC2)c1Nc1ccnn1C. The van der Waals surface area contributed by atoms with Gasteiger partial charge in [0, 0.05) is 18.8 Å². The molecule has 0 bridgehead atoms. The fraction of sp³-hybridized carbons (Fsp3) is 0.333. The molecule has 104 valence electrons. The third kappa shape index (κ3) is 1.86. The molecular formula is C15H17N3O2. The summed E-state index contributed by atoms with van der Waals surface area (Å²) in [6.45, 7) is 1.99. The number of hydrogen-bond donors (Lipinski definition) is 2. The molecule has 0 saturated heterocycles. The number of nitrogens with one attached hydrogen (secondary N) is 1. The van der Waals surface area contributed by atoms with Gasteiger partial charge in [0.05, 0.1) is 11.6 Å². The normalized spacial score (nSPS) is 15.9. The maximum absolute atomic E-state index is 11.6. The first kappa shape index (κ1) is 12.7. The second-order valence-electron chi connectivity index (χ2n) is 5.35. The Morgan fingerprint density at radius 1 is 1.40 bits per heavy atom. The van der Waals surface area contributed by atoms with Crippen LogP contribution < -0.4 is 5.32 Å². The van der Waals surface area contributed by atoms with Crippen molar-refractivity contribution in [3.05, 3.63) is 41.6 Å². The molecule has 5 heteroatoms. The Balaban J connectivity index is 2.06. The molecule has 0 spiro atoms. The molecule has 1 aliphatic carbocycles. The Labute approximate surface area is 117 Å². The highest BCUT2D eigenvalue weighted by atomic mass is 16.4. The van der Waals surface area contributed by atoms with Gasteiger partial charge < -0.3 is 10.4 Å². The first-order valence-electron chi connectivity index (χ1n) is 6.63. The van der Waals surface area contributed by atoms with Crippen LogP contribution >= 0.6 is 0 Å². The van der Waals surface area contributed by atoms with Crippen molar-refractivity contribution in [1.29, 1.82) is 0 Å². The molecule has 5 nitrogen and oxygen atoms in total. The van der Waals surface area contributed by atoms with Gasteiger partial charge in [-0.1, -0.05) is 18.2 Å². The van der Waals surface area contributed by atoms with E-state index >= 15 is 0 Å². The van der Waals surface area contributed by atoms with Crippen molar-refractivity contribution < 1.29 is 9.90 Å². The van der Waals surface area contributed by atoms with E-state index in [1.165, 1.54) is 0 Å². The summed E-state index contributed by atoms with van der Waals surface area (Å²) in [5.74, 6) is 0.109. The van der Waals surface area contributed by atoms with Crippen LogP contribution in [-0.2, 0) is 17.3 Å². The zero-order valence-electron chi connectivity index (χ0n) is 11.6. The van der Waals surface area contributed by atoms with E-state index in [0.717, 1.165) is 22.6 Å². The number of aliphatic carboxylic acids is 1. The summed E-state index contributed by atoms with van der Waals surface area (Å²) in [6.07, 6.45) is 3.11. The van der Waals surface area contributed by atoms with Gasteiger partial charge in [0.15, 0.2) is 0 Å². The molecule has 3 rings (SSSR count). The average molecular weight is 271 g/mol. The van der Waals surface area contributed by atoms with E-state index in [-0.39, 0.29) is 0 Å². The first-order chi connectivity index (χ1) is 9.54. The monoisotopic (exact) mass is 271 g/mol. The maximum atomic E-state index is 11.6. The quantitative estimate of drug-likeness (QED) is 0.897. The number of benzene rings is 1. The van der Waals surface area contributed by atoms with Crippen LogP contribution in [-0.4, -0.2) is 20.9 Å². The van der Waals surface area contributed by atoms with E-state index in [9.17, 15) is 9.90 Å². The van der Waals surface area contributed by atoms with Crippen LogP contribution in [0.5, 0.6) is 0 Å². The summed E-state index contributed by atoms with van der Waals surface area (Å²) >= 11 is 0. The number of carbonyl (C=O) groups is 1. The Morgan fingerprint density at radius 2 is 2.15 bits per heavy atom. The van der Waals surface area contributed by atoms with E-state index in [1.807, 2.05) is 38.2 Å². The minimum absolute atomic E-state index is 0.700. The Bertz CT molecular complexity index is 672. The molecule has 0 aliphatic heterocycles. The molecule has 0 amide bonds. The highest BCUT2D eigenvalue weighted by Crippen LogP contribution is 2.51. The highest BCUT2D eigenvalue weighted by Gasteiger charge is 2.53. The molecule has 1 saturated carbocycles. The van der Waals surface area contributed by atoms with Crippen LogP contribution in [0.4, 0.5) is 11.5 Å². The van der Waals surface area contributed by atoms with E-state index in [1.54, 1.807) is 10.9 Å². The number of carboxylic acids is 1. The molecule has 1 heterocycles. The van der Waals surface area contributed by atoms with Gasteiger partial charge in [-0.3, -0.25) is 9.48 Å². The van der Waals surface area contributed by atoms with Gasteiger partial charge in [0.1, 0.15) is 5.82 Å². The van der Waals surface area contributed by atoms with E-state index < -0.39 is 11.4 Å². The summed E-state index contributed by atoms with van der Waals surface area (Å²) < 4.78 is 1.73. The maximum Gasteiger partial charge on any atom is 0.314 e. The summed E-state index contributed by atoms with van der Waals surface area (Å²) in [4.78, 5) is 11.6. The van der Waals surface area contributed by atoms with Crippen LogP contribution in [0.25, 0.3) is 0 Å². The van der Waals surface area contributed by atoms with Crippen LogP contribution in [0.2, 0.25) is 0 Å². The lowest BCUT2D eigenvalue weighted by atomic mass is 9.92. The third-order valence-corrected chi connectivity index (χ3v) is 4.02. The molecule has 1 fully saturated rings. The second kappa shape index (κ2) is 4.37. The molecule has 2 N–H and O–H groups in total. The molecule has 2 aromatic rings. The highest BCUT2D eigenvalue weighted by molar-refractivity contribution is 5.88. The Kier molecular flexibility index (Phi) is 2.78. The Morgan fingerprint density at radius 3 is 2.70 bits per heavy atom. The number of aryl methyl sites for hydroxylation is 2. The van der Waals surface area contributed by atoms with Gasteiger partial charge >= 0.3 is 5.97 Å². The van der Waals surface area contributed by atoms with Crippen molar-refractivity contribution in [3.8, 4) is 0 Å². The van der Waals surface area contributed by atoms with Crippen LogP contribution in [0, 0.1) is 6.92 Å². The van der Waals surface area contributed by atoms with Gasteiger partial charge in [-0.15, -0.1) is 0 Å².